The highest BCUT2D eigenvalue weighted by molar-refractivity contribution is 5.60. The Morgan fingerprint density at radius 3 is 2.84 bits per heavy atom. The molecule has 0 saturated heterocycles. The minimum Gasteiger partial charge on any atom is -0.328 e. The molecular weight excluding hydrogens is 234 g/mol. The molecule has 3 heteroatoms. The summed E-state index contributed by atoms with van der Waals surface area (Å²) in [6.45, 7) is 5.03. The number of hydrogen-bond acceptors (Lipinski definition) is 2. The molecule has 0 amide bonds. The number of imidazole rings is 1. The summed E-state index contributed by atoms with van der Waals surface area (Å²) in [5.74, 6) is 0.690. The van der Waals surface area contributed by atoms with Gasteiger partial charge in [-0.2, -0.15) is 0 Å². The van der Waals surface area contributed by atoms with Gasteiger partial charge in [-0.1, -0.05) is 23.8 Å². The molecule has 1 aliphatic rings. The fraction of sp³-hybridized carbons (Fsp3) is 0.438. The van der Waals surface area contributed by atoms with Gasteiger partial charge in [-0.3, -0.25) is 0 Å². The van der Waals surface area contributed by atoms with Gasteiger partial charge in [0.25, 0.3) is 0 Å². The third kappa shape index (κ3) is 2.08. The average molecular weight is 255 g/mol. The molecule has 3 rings (SSSR count). The monoisotopic (exact) mass is 255 g/mol. The van der Waals surface area contributed by atoms with Crippen molar-refractivity contribution in [2.45, 2.75) is 32.2 Å². The summed E-state index contributed by atoms with van der Waals surface area (Å²) in [6.07, 6.45) is 6.44. The molecule has 2 N–H and O–H groups in total. The first-order chi connectivity index (χ1) is 9.15. The summed E-state index contributed by atoms with van der Waals surface area (Å²) in [7, 11) is 0. The maximum Gasteiger partial charge on any atom is 0.0956 e. The first-order valence-corrected chi connectivity index (χ1v) is 6.95. The van der Waals surface area contributed by atoms with Gasteiger partial charge in [-0.05, 0) is 38.7 Å². The van der Waals surface area contributed by atoms with E-state index in [1.54, 1.807) is 0 Å². The average Bonchev–Trinajstić information content (AvgIpc) is 3.15. The minimum atomic E-state index is -0.00439. The molecule has 2 aromatic rings. The van der Waals surface area contributed by atoms with Crippen molar-refractivity contribution in [1.82, 2.24) is 9.55 Å². The number of nitrogens with two attached hydrogens (primary N) is 1. The van der Waals surface area contributed by atoms with Crippen LogP contribution in [0.3, 0.4) is 0 Å². The van der Waals surface area contributed by atoms with Crippen LogP contribution in [0.5, 0.6) is 0 Å². The summed E-state index contributed by atoms with van der Waals surface area (Å²) >= 11 is 0. The van der Waals surface area contributed by atoms with Crippen molar-refractivity contribution in [1.29, 1.82) is 0 Å². The molecule has 1 aromatic carbocycles. The zero-order chi connectivity index (χ0) is 13.5. The molecule has 0 aliphatic heterocycles. The van der Waals surface area contributed by atoms with Crippen molar-refractivity contribution < 1.29 is 0 Å². The standard InChI is InChI=1S/C16H21N3/c1-12-4-3-5-13(8-12)15-9-18-11-19(15)16(2,10-17)14-6-7-14/h3-5,8-9,11,14H,6-7,10,17H2,1-2H3. The lowest BCUT2D eigenvalue weighted by atomic mass is 9.94. The largest absolute Gasteiger partial charge is 0.328 e. The highest BCUT2D eigenvalue weighted by Gasteiger charge is 2.42. The lowest BCUT2D eigenvalue weighted by molar-refractivity contribution is 0.284. The molecule has 1 saturated carbocycles. The predicted octanol–water partition coefficient (Wildman–Crippen LogP) is 2.94. The van der Waals surface area contributed by atoms with Gasteiger partial charge >= 0.3 is 0 Å². The topological polar surface area (TPSA) is 43.8 Å². The predicted molar refractivity (Wildman–Crippen MR) is 77.8 cm³/mol. The smallest absolute Gasteiger partial charge is 0.0956 e. The Balaban J connectivity index is 2.07. The highest BCUT2D eigenvalue weighted by Crippen LogP contribution is 2.45. The van der Waals surface area contributed by atoms with Crippen molar-refractivity contribution in [3.63, 3.8) is 0 Å². The lowest BCUT2D eigenvalue weighted by Crippen LogP contribution is -2.40. The number of nitrogens with zero attached hydrogens (tertiary/aromatic N) is 2. The lowest BCUT2D eigenvalue weighted by Gasteiger charge is -2.32. The SMILES string of the molecule is Cc1cccc(-c2cncn2C(C)(CN)C2CC2)c1. The van der Waals surface area contributed by atoms with Gasteiger partial charge in [0.2, 0.25) is 0 Å². The van der Waals surface area contributed by atoms with E-state index >= 15 is 0 Å². The Bertz CT molecular complexity index is 583. The highest BCUT2D eigenvalue weighted by atomic mass is 15.1. The van der Waals surface area contributed by atoms with Crippen molar-refractivity contribution >= 4 is 0 Å². The van der Waals surface area contributed by atoms with E-state index in [9.17, 15) is 0 Å². The fourth-order valence-electron chi connectivity index (χ4n) is 2.89. The zero-order valence-electron chi connectivity index (χ0n) is 11.6. The Morgan fingerprint density at radius 2 is 2.21 bits per heavy atom. The summed E-state index contributed by atoms with van der Waals surface area (Å²) in [5.41, 5.74) is 9.72. The molecule has 0 bridgehead atoms. The van der Waals surface area contributed by atoms with Gasteiger partial charge in [0.05, 0.1) is 23.8 Å². The van der Waals surface area contributed by atoms with Crippen molar-refractivity contribution in [3.05, 3.63) is 42.4 Å². The van der Waals surface area contributed by atoms with E-state index in [1.807, 2.05) is 12.5 Å². The second-order valence-electron chi connectivity index (χ2n) is 5.85. The second-order valence-corrected chi connectivity index (χ2v) is 5.85. The van der Waals surface area contributed by atoms with Gasteiger partial charge in [0.15, 0.2) is 0 Å². The first kappa shape index (κ1) is 12.4. The molecule has 1 fully saturated rings. The number of hydrogen-bond donors (Lipinski definition) is 1. The van der Waals surface area contributed by atoms with Crippen molar-refractivity contribution in [2.75, 3.05) is 6.54 Å². The van der Waals surface area contributed by atoms with Crippen LogP contribution in [-0.2, 0) is 5.54 Å². The Kier molecular flexibility index (Phi) is 2.94. The Morgan fingerprint density at radius 1 is 1.42 bits per heavy atom. The van der Waals surface area contributed by atoms with E-state index in [4.69, 9.17) is 5.73 Å². The minimum absolute atomic E-state index is 0.00439. The fourth-order valence-corrected chi connectivity index (χ4v) is 2.89. The van der Waals surface area contributed by atoms with Crippen LogP contribution in [0.2, 0.25) is 0 Å². The van der Waals surface area contributed by atoms with Crippen molar-refractivity contribution in [3.8, 4) is 11.3 Å². The second kappa shape index (κ2) is 4.49. The van der Waals surface area contributed by atoms with Gasteiger partial charge < -0.3 is 10.3 Å². The number of aromatic nitrogens is 2. The molecule has 19 heavy (non-hydrogen) atoms. The molecule has 3 nitrogen and oxygen atoms in total. The van der Waals surface area contributed by atoms with E-state index in [1.165, 1.54) is 29.7 Å². The molecule has 1 aromatic heterocycles. The number of aryl methyl sites for hydroxylation is 1. The zero-order valence-corrected chi connectivity index (χ0v) is 11.6. The van der Waals surface area contributed by atoms with Gasteiger partial charge in [-0.15, -0.1) is 0 Å². The van der Waals surface area contributed by atoms with Gasteiger partial charge in [-0.25, -0.2) is 4.98 Å². The van der Waals surface area contributed by atoms with Crippen LogP contribution in [0.25, 0.3) is 11.3 Å². The summed E-state index contributed by atoms with van der Waals surface area (Å²) in [4.78, 5) is 4.36. The molecule has 0 spiro atoms. The molecule has 1 heterocycles. The van der Waals surface area contributed by atoms with Crippen LogP contribution < -0.4 is 5.73 Å². The molecule has 100 valence electrons. The quantitative estimate of drug-likeness (QED) is 0.913. The molecule has 0 radical (unpaired) electrons. The van der Waals surface area contributed by atoms with Gasteiger partial charge in [0, 0.05) is 12.1 Å². The summed E-state index contributed by atoms with van der Waals surface area (Å²) < 4.78 is 2.28. The number of benzene rings is 1. The van der Waals surface area contributed by atoms with Crippen molar-refractivity contribution in [2.24, 2.45) is 11.7 Å². The molecular formula is C16H21N3. The van der Waals surface area contributed by atoms with E-state index in [0.29, 0.717) is 12.5 Å². The normalized spacial score (nSPS) is 18.3. The maximum atomic E-state index is 6.07. The Hall–Kier alpha value is -1.61. The van der Waals surface area contributed by atoms with E-state index < -0.39 is 0 Å². The van der Waals surface area contributed by atoms with Gasteiger partial charge in [0.1, 0.15) is 0 Å². The summed E-state index contributed by atoms with van der Waals surface area (Å²) in [5, 5.41) is 0. The van der Waals surface area contributed by atoms with Crippen LogP contribution >= 0.6 is 0 Å². The van der Waals surface area contributed by atoms with Crippen LogP contribution in [0.15, 0.2) is 36.8 Å². The molecule has 1 unspecified atom stereocenters. The number of rotatable bonds is 4. The van der Waals surface area contributed by atoms with Crippen LogP contribution in [-0.4, -0.2) is 16.1 Å². The molecule has 1 aliphatic carbocycles. The molecule has 1 atom stereocenters. The van der Waals surface area contributed by atoms with Crippen LogP contribution in [0.4, 0.5) is 0 Å². The third-order valence-corrected chi connectivity index (χ3v) is 4.37. The van der Waals surface area contributed by atoms with E-state index in [2.05, 4.69) is 47.7 Å². The maximum absolute atomic E-state index is 6.07. The summed E-state index contributed by atoms with van der Waals surface area (Å²) in [6, 6.07) is 8.56. The Labute approximate surface area is 114 Å². The third-order valence-electron chi connectivity index (χ3n) is 4.37. The van der Waals surface area contributed by atoms with E-state index in [-0.39, 0.29) is 5.54 Å². The first-order valence-electron chi connectivity index (χ1n) is 6.95. The van der Waals surface area contributed by atoms with Crippen LogP contribution in [0, 0.1) is 12.8 Å². The van der Waals surface area contributed by atoms with Crippen LogP contribution in [0.1, 0.15) is 25.3 Å². The van der Waals surface area contributed by atoms with E-state index in [0.717, 1.165) is 0 Å².